The van der Waals surface area contributed by atoms with Gasteiger partial charge in [-0.1, -0.05) is 24.3 Å². The maximum atomic E-state index is 11.9. The molecule has 2 aromatic rings. The van der Waals surface area contributed by atoms with E-state index in [2.05, 4.69) is 0 Å². The van der Waals surface area contributed by atoms with Crippen molar-refractivity contribution in [3.05, 3.63) is 72.8 Å². The van der Waals surface area contributed by atoms with Gasteiger partial charge in [0.2, 0.25) is 0 Å². The molecule has 2 aromatic carbocycles. The van der Waals surface area contributed by atoms with Crippen LogP contribution >= 0.6 is 0 Å². The second-order valence-electron chi connectivity index (χ2n) is 5.79. The van der Waals surface area contributed by atoms with E-state index in [0.29, 0.717) is 11.4 Å². The van der Waals surface area contributed by atoms with E-state index in [-0.39, 0.29) is 23.6 Å². The second-order valence-corrected chi connectivity index (χ2v) is 5.79. The summed E-state index contributed by atoms with van der Waals surface area (Å²) in [4.78, 5) is 49.6. The van der Waals surface area contributed by atoms with Crippen molar-refractivity contribution in [3.63, 3.8) is 0 Å². The Hall–Kier alpha value is -3.80. The lowest BCUT2D eigenvalue weighted by molar-refractivity contribution is -0.121. The number of nitrogens with zero attached hydrogens (tertiary/aromatic N) is 2. The van der Waals surface area contributed by atoms with E-state index in [1.807, 2.05) is 12.1 Å². The smallest absolute Gasteiger partial charge is 0.258 e. The number of carbonyl (C=O) groups is 4. The number of imide groups is 2. The lowest BCUT2D eigenvalue weighted by Gasteiger charge is -2.17. The minimum Gasteiger partial charge on any atom is -0.269 e. The summed E-state index contributed by atoms with van der Waals surface area (Å²) in [5.74, 6) is -1.55. The molecule has 6 heteroatoms. The Kier molecular flexibility index (Phi) is 3.58. The van der Waals surface area contributed by atoms with Gasteiger partial charge in [0.05, 0.1) is 11.4 Å². The molecule has 0 unspecified atom stereocenters. The largest absolute Gasteiger partial charge is 0.269 e. The van der Waals surface area contributed by atoms with E-state index in [0.717, 1.165) is 20.9 Å². The van der Waals surface area contributed by atoms with Crippen molar-refractivity contribution in [3.8, 4) is 11.1 Å². The molecule has 0 aromatic heterocycles. The number of hydrogen-bond acceptors (Lipinski definition) is 4. The normalized spacial score (nSPS) is 16.3. The van der Waals surface area contributed by atoms with E-state index >= 15 is 0 Å². The molecule has 0 spiro atoms. The second kappa shape index (κ2) is 5.93. The van der Waals surface area contributed by atoms with E-state index in [1.54, 1.807) is 36.4 Å². The summed E-state index contributed by atoms with van der Waals surface area (Å²) in [6, 6.07) is 13.9. The summed E-state index contributed by atoms with van der Waals surface area (Å²) >= 11 is 0. The van der Waals surface area contributed by atoms with Crippen LogP contribution in [0, 0.1) is 0 Å². The van der Waals surface area contributed by atoms with Crippen molar-refractivity contribution in [1.29, 1.82) is 0 Å². The Morgan fingerprint density at radius 1 is 0.500 bits per heavy atom. The number of rotatable bonds is 3. The zero-order valence-electron chi connectivity index (χ0n) is 13.5. The molecule has 2 heterocycles. The van der Waals surface area contributed by atoms with Crippen LogP contribution in [0.5, 0.6) is 0 Å². The molecule has 6 nitrogen and oxygen atoms in total. The highest BCUT2D eigenvalue weighted by atomic mass is 16.2. The third-order valence-electron chi connectivity index (χ3n) is 4.16. The van der Waals surface area contributed by atoms with Crippen LogP contribution in [0.2, 0.25) is 0 Å². The van der Waals surface area contributed by atoms with Crippen LogP contribution in [0.1, 0.15) is 0 Å². The molecule has 2 aliphatic rings. The fourth-order valence-electron chi connectivity index (χ4n) is 2.96. The van der Waals surface area contributed by atoms with E-state index in [4.69, 9.17) is 0 Å². The summed E-state index contributed by atoms with van der Waals surface area (Å²) in [5.41, 5.74) is 2.43. The van der Waals surface area contributed by atoms with Crippen molar-refractivity contribution >= 4 is 35.0 Å². The monoisotopic (exact) mass is 344 g/mol. The number of carbonyl (C=O) groups excluding carboxylic acids is 4. The van der Waals surface area contributed by atoms with Gasteiger partial charge in [0, 0.05) is 24.3 Å². The molecule has 0 atom stereocenters. The van der Waals surface area contributed by atoms with Crippen LogP contribution in [-0.4, -0.2) is 23.6 Å². The number of amides is 4. The highest BCUT2D eigenvalue weighted by Crippen LogP contribution is 2.30. The highest BCUT2D eigenvalue weighted by Gasteiger charge is 2.26. The van der Waals surface area contributed by atoms with E-state index < -0.39 is 0 Å². The van der Waals surface area contributed by atoms with Crippen molar-refractivity contribution in [2.45, 2.75) is 0 Å². The molecular formula is C20H12N2O4. The van der Waals surface area contributed by atoms with Gasteiger partial charge in [-0.15, -0.1) is 0 Å². The minimum atomic E-state index is -0.389. The number of hydrogen-bond donors (Lipinski definition) is 0. The van der Waals surface area contributed by atoms with Crippen LogP contribution in [-0.2, 0) is 19.2 Å². The SMILES string of the molecule is O=C1C=CC(=O)N1c1cccc(-c2cccc(N3C(=O)C=CC3=O)c2)c1. The van der Waals surface area contributed by atoms with Gasteiger partial charge in [-0.2, -0.15) is 0 Å². The van der Waals surface area contributed by atoms with Crippen molar-refractivity contribution in [2.75, 3.05) is 9.80 Å². The molecule has 0 saturated carbocycles. The Labute approximate surface area is 148 Å². The highest BCUT2D eigenvalue weighted by molar-refractivity contribution is 6.29. The summed E-state index contributed by atoms with van der Waals surface area (Å²) in [5, 5.41) is 0. The molecule has 4 rings (SSSR count). The lowest BCUT2D eigenvalue weighted by atomic mass is 10.0. The first-order valence-corrected chi connectivity index (χ1v) is 7.87. The molecule has 0 N–H and O–H groups in total. The first-order valence-electron chi connectivity index (χ1n) is 7.87. The van der Waals surface area contributed by atoms with Crippen LogP contribution in [0.3, 0.4) is 0 Å². The van der Waals surface area contributed by atoms with Gasteiger partial charge in [0.25, 0.3) is 23.6 Å². The number of benzene rings is 2. The van der Waals surface area contributed by atoms with Gasteiger partial charge in [0.15, 0.2) is 0 Å². The van der Waals surface area contributed by atoms with Gasteiger partial charge in [-0.05, 0) is 35.4 Å². The lowest BCUT2D eigenvalue weighted by Crippen LogP contribution is -2.29. The van der Waals surface area contributed by atoms with Crippen LogP contribution in [0.25, 0.3) is 11.1 Å². The average molecular weight is 344 g/mol. The summed E-state index contributed by atoms with van der Waals surface area (Å²) < 4.78 is 0. The van der Waals surface area contributed by atoms with Gasteiger partial charge in [-0.3, -0.25) is 19.2 Å². The fourth-order valence-corrected chi connectivity index (χ4v) is 2.96. The maximum absolute atomic E-state index is 11.9. The molecule has 26 heavy (non-hydrogen) atoms. The van der Waals surface area contributed by atoms with Crippen LogP contribution < -0.4 is 9.80 Å². The first kappa shape index (κ1) is 15.7. The third-order valence-corrected chi connectivity index (χ3v) is 4.16. The minimum absolute atomic E-state index is 0.389. The quantitative estimate of drug-likeness (QED) is 0.800. The predicted molar refractivity (Wildman–Crippen MR) is 95.1 cm³/mol. The van der Waals surface area contributed by atoms with Crippen LogP contribution in [0.4, 0.5) is 11.4 Å². The Balaban J connectivity index is 1.71. The maximum Gasteiger partial charge on any atom is 0.258 e. The van der Waals surface area contributed by atoms with Crippen molar-refractivity contribution in [1.82, 2.24) is 0 Å². The molecule has 0 aliphatic carbocycles. The summed E-state index contributed by atoms with van der Waals surface area (Å²) in [6.07, 6.45) is 4.92. The molecule has 126 valence electrons. The molecule has 0 radical (unpaired) electrons. The van der Waals surface area contributed by atoms with Gasteiger partial charge >= 0.3 is 0 Å². The summed E-state index contributed by atoms with van der Waals surface area (Å²) in [7, 11) is 0. The molecule has 0 fully saturated rings. The average Bonchev–Trinajstić information content (AvgIpc) is 3.16. The zero-order valence-corrected chi connectivity index (χ0v) is 13.5. The van der Waals surface area contributed by atoms with Crippen LogP contribution in [0.15, 0.2) is 72.8 Å². The first-order chi connectivity index (χ1) is 12.5. The molecular weight excluding hydrogens is 332 g/mol. The molecule has 2 aliphatic heterocycles. The fraction of sp³-hybridized carbons (Fsp3) is 0. The van der Waals surface area contributed by atoms with Gasteiger partial charge < -0.3 is 0 Å². The zero-order chi connectivity index (χ0) is 18.3. The molecule has 0 bridgehead atoms. The Bertz CT molecular complexity index is 916. The Morgan fingerprint density at radius 3 is 1.19 bits per heavy atom. The van der Waals surface area contributed by atoms with Crippen molar-refractivity contribution < 1.29 is 19.2 Å². The molecule has 4 amide bonds. The topological polar surface area (TPSA) is 74.8 Å². The van der Waals surface area contributed by atoms with Crippen molar-refractivity contribution in [2.24, 2.45) is 0 Å². The van der Waals surface area contributed by atoms with Gasteiger partial charge in [-0.25, -0.2) is 9.80 Å². The standard InChI is InChI=1S/C20H12N2O4/c23-17-7-8-18(24)21(17)15-5-1-3-13(11-15)14-4-2-6-16(12-14)22-19(25)9-10-20(22)26/h1-12H. The van der Waals surface area contributed by atoms with Gasteiger partial charge in [0.1, 0.15) is 0 Å². The summed E-state index contributed by atoms with van der Waals surface area (Å²) in [6.45, 7) is 0. The van der Waals surface area contributed by atoms with E-state index in [9.17, 15) is 19.2 Å². The number of anilines is 2. The third kappa shape index (κ3) is 2.53. The van der Waals surface area contributed by atoms with E-state index in [1.165, 1.54) is 24.3 Å². The Morgan fingerprint density at radius 2 is 0.846 bits per heavy atom. The molecule has 0 saturated heterocycles. The predicted octanol–water partition coefficient (Wildman–Crippen LogP) is 2.21.